The summed E-state index contributed by atoms with van der Waals surface area (Å²) in [6.07, 6.45) is 0.999. The molecule has 0 saturated carbocycles. The van der Waals surface area contributed by atoms with Crippen LogP contribution < -0.4 is 10.6 Å². The van der Waals surface area contributed by atoms with Crippen molar-refractivity contribution in [3.8, 4) is 5.75 Å². The number of nitrogens with one attached hydrogen (secondary N) is 2. The molecule has 1 aromatic rings. The lowest BCUT2D eigenvalue weighted by molar-refractivity contribution is -0.115. The number of carbonyl (C=O) groups excluding carboxylic acids is 1. The van der Waals surface area contributed by atoms with Gasteiger partial charge in [0.25, 0.3) is 0 Å². The van der Waals surface area contributed by atoms with Crippen LogP contribution in [-0.2, 0) is 4.79 Å². The van der Waals surface area contributed by atoms with Crippen LogP contribution in [0.1, 0.15) is 18.9 Å². The van der Waals surface area contributed by atoms with E-state index in [1.54, 1.807) is 18.2 Å². The number of benzene rings is 1. The van der Waals surface area contributed by atoms with Gasteiger partial charge in [-0.15, -0.1) is 0 Å². The second-order valence-corrected chi connectivity index (χ2v) is 3.73. The smallest absolute Gasteiger partial charge is 0.238 e. The maximum Gasteiger partial charge on any atom is 0.238 e. The molecule has 4 nitrogen and oxygen atoms in total. The molecule has 0 radical (unpaired) electrons. The molecule has 0 fully saturated rings. The fourth-order valence-electron chi connectivity index (χ4n) is 1.27. The van der Waals surface area contributed by atoms with Crippen molar-refractivity contribution in [1.82, 2.24) is 5.32 Å². The highest BCUT2D eigenvalue weighted by Gasteiger charge is 2.03. The van der Waals surface area contributed by atoms with Gasteiger partial charge in [-0.05, 0) is 31.5 Å². The maximum atomic E-state index is 11.4. The van der Waals surface area contributed by atoms with Gasteiger partial charge >= 0.3 is 0 Å². The molecule has 0 aromatic heterocycles. The van der Waals surface area contributed by atoms with Crippen molar-refractivity contribution in [2.75, 3.05) is 18.4 Å². The van der Waals surface area contributed by atoms with Gasteiger partial charge in [0.05, 0.1) is 6.54 Å². The molecule has 0 bridgehead atoms. The minimum absolute atomic E-state index is 0.100. The first-order chi connectivity index (χ1) is 7.63. The molecule has 0 atom stereocenters. The third kappa shape index (κ3) is 3.90. The highest BCUT2D eigenvalue weighted by atomic mass is 16.3. The quantitative estimate of drug-likeness (QED) is 0.664. The summed E-state index contributed by atoms with van der Waals surface area (Å²) in [4.78, 5) is 11.4. The molecule has 4 heteroatoms. The van der Waals surface area contributed by atoms with Gasteiger partial charge in [-0.1, -0.05) is 13.0 Å². The standard InChI is InChI=1S/C12H18N2O2/c1-3-6-13-8-12(16)14-10-5-4-9(2)11(15)7-10/h4-5,7,13,15H,3,6,8H2,1-2H3,(H,14,16). The van der Waals surface area contributed by atoms with Gasteiger partial charge in [0.1, 0.15) is 5.75 Å². The second kappa shape index (κ2) is 6.12. The number of amides is 1. The number of rotatable bonds is 5. The minimum Gasteiger partial charge on any atom is -0.508 e. The Labute approximate surface area is 95.7 Å². The highest BCUT2D eigenvalue weighted by Crippen LogP contribution is 2.20. The molecule has 0 heterocycles. The number of carbonyl (C=O) groups is 1. The molecular formula is C12H18N2O2. The molecule has 0 aliphatic carbocycles. The van der Waals surface area contributed by atoms with Crippen LogP contribution in [0, 0.1) is 6.92 Å². The van der Waals surface area contributed by atoms with Gasteiger partial charge < -0.3 is 15.7 Å². The Bertz CT molecular complexity index is 364. The van der Waals surface area contributed by atoms with Crippen molar-refractivity contribution in [3.05, 3.63) is 23.8 Å². The van der Waals surface area contributed by atoms with Crippen molar-refractivity contribution >= 4 is 11.6 Å². The third-order valence-corrected chi connectivity index (χ3v) is 2.21. The molecule has 1 aromatic carbocycles. The zero-order chi connectivity index (χ0) is 12.0. The Kier molecular flexibility index (Phi) is 4.79. The molecule has 0 aliphatic heterocycles. The van der Waals surface area contributed by atoms with Crippen LogP contribution in [0.2, 0.25) is 0 Å². The Morgan fingerprint density at radius 3 is 2.81 bits per heavy atom. The highest BCUT2D eigenvalue weighted by molar-refractivity contribution is 5.92. The Hall–Kier alpha value is -1.55. The number of phenolic OH excluding ortho intramolecular Hbond substituents is 1. The molecule has 88 valence electrons. The fraction of sp³-hybridized carbons (Fsp3) is 0.417. The average Bonchev–Trinajstić information content (AvgIpc) is 2.24. The van der Waals surface area contributed by atoms with Crippen LogP contribution in [0.4, 0.5) is 5.69 Å². The SMILES string of the molecule is CCCNCC(=O)Nc1ccc(C)c(O)c1. The minimum atomic E-state index is -0.100. The van der Waals surface area contributed by atoms with E-state index < -0.39 is 0 Å². The van der Waals surface area contributed by atoms with E-state index in [-0.39, 0.29) is 11.7 Å². The predicted octanol–water partition coefficient (Wildman–Crippen LogP) is 1.64. The Balaban J connectivity index is 2.46. The van der Waals surface area contributed by atoms with Crippen LogP contribution in [0.15, 0.2) is 18.2 Å². The zero-order valence-electron chi connectivity index (χ0n) is 9.71. The lowest BCUT2D eigenvalue weighted by Crippen LogP contribution is -2.28. The van der Waals surface area contributed by atoms with E-state index in [1.807, 2.05) is 13.8 Å². The van der Waals surface area contributed by atoms with Gasteiger partial charge in [-0.3, -0.25) is 4.79 Å². The summed E-state index contributed by atoms with van der Waals surface area (Å²) in [7, 11) is 0. The van der Waals surface area contributed by atoms with Crippen molar-refractivity contribution in [1.29, 1.82) is 0 Å². The third-order valence-electron chi connectivity index (χ3n) is 2.21. The van der Waals surface area contributed by atoms with Gasteiger partial charge in [-0.25, -0.2) is 0 Å². The van der Waals surface area contributed by atoms with Crippen LogP contribution in [0.3, 0.4) is 0 Å². The number of hydrogen-bond acceptors (Lipinski definition) is 3. The van der Waals surface area contributed by atoms with Crippen molar-refractivity contribution < 1.29 is 9.90 Å². The van der Waals surface area contributed by atoms with E-state index in [9.17, 15) is 9.90 Å². The first-order valence-electron chi connectivity index (χ1n) is 5.43. The number of hydrogen-bond donors (Lipinski definition) is 3. The van der Waals surface area contributed by atoms with Crippen molar-refractivity contribution in [3.63, 3.8) is 0 Å². The Morgan fingerprint density at radius 2 is 2.19 bits per heavy atom. The Morgan fingerprint density at radius 1 is 1.44 bits per heavy atom. The van der Waals surface area contributed by atoms with Crippen LogP contribution in [0.5, 0.6) is 5.75 Å². The predicted molar refractivity (Wildman–Crippen MR) is 64.6 cm³/mol. The van der Waals surface area contributed by atoms with Crippen molar-refractivity contribution in [2.24, 2.45) is 0 Å². The van der Waals surface area contributed by atoms with Crippen LogP contribution >= 0.6 is 0 Å². The molecule has 0 spiro atoms. The number of phenols is 1. The zero-order valence-corrected chi connectivity index (χ0v) is 9.71. The summed E-state index contributed by atoms with van der Waals surface area (Å²) in [6.45, 7) is 4.97. The molecule has 1 rings (SSSR count). The lowest BCUT2D eigenvalue weighted by atomic mass is 10.2. The molecule has 0 saturated heterocycles. The summed E-state index contributed by atoms with van der Waals surface area (Å²) < 4.78 is 0. The second-order valence-electron chi connectivity index (χ2n) is 3.73. The molecule has 3 N–H and O–H groups in total. The number of aryl methyl sites for hydroxylation is 1. The molecule has 0 unspecified atom stereocenters. The van der Waals surface area contributed by atoms with E-state index in [1.165, 1.54) is 0 Å². The summed E-state index contributed by atoms with van der Waals surface area (Å²) in [5.74, 6) is 0.0935. The van der Waals surface area contributed by atoms with E-state index in [4.69, 9.17) is 0 Å². The number of aromatic hydroxyl groups is 1. The van der Waals surface area contributed by atoms with E-state index in [2.05, 4.69) is 10.6 Å². The summed E-state index contributed by atoms with van der Waals surface area (Å²) in [6, 6.07) is 5.09. The van der Waals surface area contributed by atoms with Gasteiger partial charge in [0.2, 0.25) is 5.91 Å². The topological polar surface area (TPSA) is 61.4 Å². The fourth-order valence-corrected chi connectivity index (χ4v) is 1.27. The normalized spacial score (nSPS) is 10.1. The molecule has 16 heavy (non-hydrogen) atoms. The molecule has 1 amide bonds. The van der Waals surface area contributed by atoms with Crippen LogP contribution in [0.25, 0.3) is 0 Å². The maximum absolute atomic E-state index is 11.4. The van der Waals surface area contributed by atoms with E-state index >= 15 is 0 Å². The lowest BCUT2D eigenvalue weighted by Gasteiger charge is -2.07. The molecule has 0 aliphatic rings. The average molecular weight is 222 g/mol. The molecular weight excluding hydrogens is 204 g/mol. The monoisotopic (exact) mass is 222 g/mol. The van der Waals surface area contributed by atoms with Gasteiger partial charge in [-0.2, -0.15) is 0 Å². The number of anilines is 1. The van der Waals surface area contributed by atoms with E-state index in [0.29, 0.717) is 12.2 Å². The van der Waals surface area contributed by atoms with Crippen LogP contribution in [-0.4, -0.2) is 24.1 Å². The summed E-state index contributed by atoms with van der Waals surface area (Å²) in [5.41, 5.74) is 1.41. The first kappa shape index (κ1) is 12.5. The summed E-state index contributed by atoms with van der Waals surface area (Å²) >= 11 is 0. The summed E-state index contributed by atoms with van der Waals surface area (Å²) in [5, 5.41) is 15.2. The van der Waals surface area contributed by atoms with Gasteiger partial charge in [0.15, 0.2) is 0 Å². The van der Waals surface area contributed by atoms with Gasteiger partial charge in [0, 0.05) is 11.8 Å². The van der Waals surface area contributed by atoms with Crippen molar-refractivity contribution in [2.45, 2.75) is 20.3 Å². The first-order valence-corrected chi connectivity index (χ1v) is 5.43. The largest absolute Gasteiger partial charge is 0.508 e. The van der Waals surface area contributed by atoms with E-state index in [0.717, 1.165) is 18.5 Å².